The van der Waals surface area contributed by atoms with Crippen LogP contribution >= 0.6 is 0 Å². The first-order chi connectivity index (χ1) is 12.3. The van der Waals surface area contributed by atoms with Crippen molar-refractivity contribution in [2.24, 2.45) is 0 Å². The number of rotatable bonds is 6. The van der Waals surface area contributed by atoms with Crippen LogP contribution in [0.25, 0.3) is 0 Å². The van der Waals surface area contributed by atoms with Crippen LogP contribution < -0.4 is 0 Å². The van der Waals surface area contributed by atoms with Gasteiger partial charge in [-0.25, -0.2) is 9.59 Å². The Labute approximate surface area is 156 Å². The third-order valence-corrected chi connectivity index (χ3v) is 4.15. The molecule has 1 heterocycles. The molecular weight excluding hydrogens is 332 g/mol. The van der Waals surface area contributed by atoms with Gasteiger partial charge in [-0.15, -0.1) is 0 Å². The van der Waals surface area contributed by atoms with Crippen molar-refractivity contribution in [3.8, 4) is 0 Å². The number of hydrogen-bond acceptors (Lipinski definition) is 4. The minimum Gasteiger partial charge on any atom is -0.445 e. The summed E-state index contributed by atoms with van der Waals surface area (Å²) in [5.74, 6) is 0. The molecule has 144 valence electrons. The third kappa shape index (κ3) is 5.93. The predicted octanol–water partition coefficient (Wildman–Crippen LogP) is 4.04. The van der Waals surface area contributed by atoms with Crippen LogP contribution in [0.1, 0.15) is 46.1 Å². The summed E-state index contributed by atoms with van der Waals surface area (Å²) >= 11 is 0. The number of amides is 2. The first-order valence-electron chi connectivity index (χ1n) is 9.25. The number of carbonyl (C=O) groups is 2. The quantitative estimate of drug-likeness (QED) is 0.766. The molecule has 0 aromatic heterocycles. The molecule has 1 aliphatic rings. The van der Waals surface area contributed by atoms with E-state index in [1.807, 2.05) is 51.1 Å². The lowest BCUT2D eigenvalue weighted by Crippen LogP contribution is -2.63. The number of ether oxygens (including phenoxy) is 2. The molecule has 6 nitrogen and oxygen atoms in total. The van der Waals surface area contributed by atoms with E-state index in [0.29, 0.717) is 19.6 Å². The Morgan fingerprint density at radius 1 is 1.19 bits per heavy atom. The number of likely N-dealkylation sites (tertiary alicyclic amines) is 1. The maximum absolute atomic E-state index is 12.5. The maximum Gasteiger partial charge on any atom is 0.410 e. The van der Waals surface area contributed by atoms with Crippen molar-refractivity contribution in [2.45, 2.75) is 58.8 Å². The van der Waals surface area contributed by atoms with E-state index in [0.717, 1.165) is 18.4 Å². The Balaban J connectivity index is 1.83. The molecule has 0 bridgehead atoms. The van der Waals surface area contributed by atoms with E-state index in [-0.39, 0.29) is 24.8 Å². The van der Waals surface area contributed by atoms with Crippen molar-refractivity contribution < 1.29 is 19.1 Å². The van der Waals surface area contributed by atoms with E-state index in [1.54, 1.807) is 9.80 Å². The smallest absolute Gasteiger partial charge is 0.410 e. The monoisotopic (exact) mass is 362 g/mol. The highest BCUT2D eigenvalue weighted by atomic mass is 16.6. The summed E-state index contributed by atoms with van der Waals surface area (Å²) in [6.45, 7) is 9.52. The van der Waals surface area contributed by atoms with E-state index in [4.69, 9.17) is 9.47 Å². The van der Waals surface area contributed by atoms with E-state index in [9.17, 15) is 9.59 Å². The zero-order valence-electron chi connectivity index (χ0n) is 16.2. The van der Waals surface area contributed by atoms with Gasteiger partial charge in [-0.3, -0.25) is 0 Å². The molecule has 1 aliphatic heterocycles. The van der Waals surface area contributed by atoms with Crippen molar-refractivity contribution >= 4 is 12.2 Å². The van der Waals surface area contributed by atoms with Gasteiger partial charge < -0.3 is 19.3 Å². The molecule has 0 atom stereocenters. The summed E-state index contributed by atoms with van der Waals surface area (Å²) in [6.07, 6.45) is 1.25. The van der Waals surface area contributed by atoms with E-state index in [1.165, 1.54) is 0 Å². The van der Waals surface area contributed by atoms with E-state index >= 15 is 0 Å². The fraction of sp³-hybridized carbons (Fsp3) is 0.600. The van der Waals surface area contributed by atoms with Crippen LogP contribution in [0, 0.1) is 0 Å². The van der Waals surface area contributed by atoms with Crippen molar-refractivity contribution in [1.82, 2.24) is 9.80 Å². The summed E-state index contributed by atoms with van der Waals surface area (Å²) in [4.78, 5) is 28.0. The number of carbonyl (C=O) groups excluding carboxylic acids is 2. The lowest BCUT2D eigenvalue weighted by atomic mass is 10.1. The Morgan fingerprint density at radius 3 is 2.42 bits per heavy atom. The summed E-state index contributed by atoms with van der Waals surface area (Å²) in [6, 6.07) is 9.57. The van der Waals surface area contributed by atoms with Gasteiger partial charge in [0.2, 0.25) is 0 Å². The highest BCUT2D eigenvalue weighted by Gasteiger charge is 2.39. The van der Waals surface area contributed by atoms with Gasteiger partial charge >= 0.3 is 12.2 Å². The second-order valence-corrected chi connectivity index (χ2v) is 7.63. The standard InChI is InChI=1S/C20H30N2O4/c1-5-6-12-22(19(24)26-20(2,3)4)17-13-21(14-17)18(23)25-15-16-10-8-7-9-11-16/h7-11,17H,5-6,12-15H2,1-4H3. The molecule has 1 aromatic carbocycles. The second kappa shape index (κ2) is 8.92. The normalized spacial score (nSPS) is 14.5. The number of benzene rings is 1. The Hall–Kier alpha value is -2.24. The van der Waals surface area contributed by atoms with Gasteiger partial charge in [0.05, 0.1) is 6.04 Å². The van der Waals surface area contributed by atoms with Crippen molar-refractivity contribution in [2.75, 3.05) is 19.6 Å². The summed E-state index contributed by atoms with van der Waals surface area (Å²) in [5.41, 5.74) is 0.427. The molecule has 6 heteroatoms. The number of hydrogen-bond donors (Lipinski definition) is 0. The van der Waals surface area contributed by atoms with Crippen molar-refractivity contribution in [3.05, 3.63) is 35.9 Å². The average molecular weight is 362 g/mol. The van der Waals surface area contributed by atoms with E-state index < -0.39 is 5.60 Å². The fourth-order valence-electron chi connectivity index (χ4n) is 2.68. The van der Waals surface area contributed by atoms with E-state index in [2.05, 4.69) is 6.92 Å². The minimum atomic E-state index is -0.528. The lowest BCUT2D eigenvalue weighted by Gasteiger charge is -2.44. The molecular formula is C20H30N2O4. The molecule has 1 aromatic rings. The number of unbranched alkanes of at least 4 members (excludes halogenated alkanes) is 1. The molecule has 0 unspecified atom stereocenters. The molecule has 1 fully saturated rings. The average Bonchev–Trinajstić information content (AvgIpc) is 2.53. The van der Waals surface area contributed by atoms with Crippen LogP contribution in [0.5, 0.6) is 0 Å². The molecule has 0 spiro atoms. The minimum absolute atomic E-state index is 0.0133. The Bertz CT molecular complexity index is 592. The predicted molar refractivity (Wildman–Crippen MR) is 99.8 cm³/mol. The Morgan fingerprint density at radius 2 is 1.85 bits per heavy atom. The van der Waals surface area contributed by atoms with Crippen LogP contribution in [0.4, 0.5) is 9.59 Å². The van der Waals surface area contributed by atoms with Crippen LogP contribution in [-0.4, -0.2) is 53.3 Å². The van der Waals surface area contributed by atoms with Gasteiger partial charge in [0.25, 0.3) is 0 Å². The van der Waals surface area contributed by atoms with Gasteiger partial charge in [0.1, 0.15) is 12.2 Å². The summed E-state index contributed by atoms with van der Waals surface area (Å²) in [7, 11) is 0. The molecule has 0 saturated carbocycles. The van der Waals surface area contributed by atoms with Crippen LogP contribution in [0.3, 0.4) is 0 Å². The zero-order chi connectivity index (χ0) is 19.2. The van der Waals surface area contributed by atoms with Crippen LogP contribution in [-0.2, 0) is 16.1 Å². The SMILES string of the molecule is CCCCN(C(=O)OC(C)(C)C)C1CN(C(=O)OCc2ccccc2)C1. The molecule has 0 radical (unpaired) electrons. The van der Waals surface area contributed by atoms with Gasteiger partial charge in [-0.1, -0.05) is 43.7 Å². The van der Waals surface area contributed by atoms with Crippen molar-refractivity contribution in [1.29, 1.82) is 0 Å². The first kappa shape index (κ1) is 20.1. The van der Waals surface area contributed by atoms with Crippen molar-refractivity contribution in [3.63, 3.8) is 0 Å². The molecule has 2 rings (SSSR count). The van der Waals surface area contributed by atoms with Crippen LogP contribution in [0.15, 0.2) is 30.3 Å². The van der Waals surface area contributed by atoms with Gasteiger partial charge in [-0.05, 0) is 32.8 Å². The highest BCUT2D eigenvalue weighted by Crippen LogP contribution is 2.20. The maximum atomic E-state index is 12.5. The topological polar surface area (TPSA) is 59.1 Å². The molecule has 2 amide bonds. The summed E-state index contributed by atoms with van der Waals surface area (Å²) < 4.78 is 10.8. The first-order valence-corrected chi connectivity index (χ1v) is 9.25. The van der Waals surface area contributed by atoms with Gasteiger partial charge in [0.15, 0.2) is 0 Å². The van der Waals surface area contributed by atoms with Gasteiger partial charge in [-0.2, -0.15) is 0 Å². The highest BCUT2D eigenvalue weighted by molar-refractivity contribution is 5.71. The third-order valence-electron chi connectivity index (χ3n) is 4.15. The second-order valence-electron chi connectivity index (χ2n) is 7.63. The molecule has 26 heavy (non-hydrogen) atoms. The molecule has 0 N–H and O–H groups in total. The number of nitrogens with zero attached hydrogens (tertiary/aromatic N) is 2. The van der Waals surface area contributed by atoms with Gasteiger partial charge in [0, 0.05) is 19.6 Å². The van der Waals surface area contributed by atoms with Crippen LogP contribution in [0.2, 0.25) is 0 Å². The summed E-state index contributed by atoms with van der Waals surface area (Å²) in [5, 5.41) is 0. The Kier molecular flexibility index (Phi) is 6.89. The largest absolute Gasteiger partial charge is 0.445 e. The molecule has 0 aliphatic carbocycles. The fourth-order valence-corrected chi connectivity index (χ4v) is 2.68. The molecule has 1 saturated heterocycles. The zero-order valence-corrected chi connectivity index (χ0v) is 16.2. The lowest BCUT2D eigenvalue weighted by molar-refractivity contribution is -0.0145.